The molecule has 1 saturated heterocycles. The van der Waals surface area contributed by atoms with Crippen molar-refractivity contribution in [1.29, 1.82) is 0 Å². The fraction of sp³-hybridized carbons (Fsp3) is 0.333. The van der Waals surface area contributed by atoms with Crippen LogP contribution in [0.5, 0.6) is 5.75 Å². The number of fused-ring (bicyclic) bond motifs is 1. The van der Waals surface area contributed by atoms with Crippen molar-refractivity contribution in [1.82, 2.24) is 15.2 Å². The van der Waals surface area contributed by atoms with Crippen LogP contribution in [0.15, 0.2) is 54.7 Å². The van der Waals surface area contributed by atoms with E-state index in [-0.39, 0.29) is 18.6 Å². The van der Waals surface area contributed by atoms with Gasteiger partial charge in [0.05, 0.1) is 21.7 Å². The molecule has 0 spiro atoms. The van der Waals surface area contributed by atoms with Gasteiger partial charge in [-0.05, 0) is 49.2 Å². The molecule has 6 nitrogen and oxygen atoms in total. The number of ether oxygens (including phenoxy) is 1. The first-order valence-corrected chi connectivity index (χ1v) is 11.4. The first kappa shape index (κ1) is 22.8. The van der Waals surface area contributed by atoms with E-state index in [4.69, 9.17) is 27.9 Å². The molecule has 0 aliphatic carbocycles. The van der Waals surface area contributed by atoms with Gasteiger partial charge in [-0.2, -0.15) is 0 Å². The number of benzene rings is 2. The minimum Gasteiger partial charge on any atom is -0.490 e. The first-order chi connectivity index (χ1) is 15.5. The van der Waals surface area contributed by atoms with Gasteiger partial charge >= 0.3 is 0 Å². The van der Waals surface area contributed by atoms with Gasteiger partial charge in [-0.3, -0.25) is 9.78 Å². The molecular formula is C24H25Cl2N3O3. The third-order valence-electron chi connectivity index (χ3n) is 5.56. The van der Waals surface area contributed by atoms with E-state index in [1.54, 1.807) is 24.4 Å². The summed E-state index contributed by atoms with van der Waals surface area (Å²) in [5.74, 6) is 0.508. The molecule has 1 atom stereocenters. The van der Waals surface area contributed by atoms with Crippen LogP contribution in [0.4, 0.5) is 0 Å². The second-order valence-electron chi connectivity index (χ2n) is 7.97. The summed E-state index contributed by atoms with van der Waals surface area (Å²) in [6.07, 6.45) is 2.88. The highest BCUT2D eigenvalue weighted by molar-refractivity contribution is 6.42. The molecule has 1 aliphatic rings. The van der Waals surface area contributed by atoms with Crippen molar-refractivity contribution in [3.63, 3.8) is 0 Å². The molecule has 0 radical (unpaired) electrons. The van der Waals surface area contributed by atoms with Crippen LogP contribution in [0.2, 0.25) is 10.0 Å². The number of nitrogens with one attached hydrogen (secondary N) is 1. The van der Waals surface area contributed by atoms with Gasteiger partial charge in [-0.1, -0.05) is 29.3 Å². The van der Waals surface area contributed by atoms with Crippen LogP contribution in [0.1, 0.15) is 23.2 Å². The number of aliphatic hydroxyl groups is 1. The zero-order valence-corrected chi connectivity index (χ0v) is 19.0. The lowest BCUT2D eigenvalue weighted by molar-refractivity contribution is 0.0594. The van der Waals surface area contributed by atoms with Crippen LogP contribution in [0, 0.1) is 0 Å². The summed E-state index contributed by atoms with van der Waals surface area (Å²) in [4.78, 5) is 18.9. The van der Waals surface area contributed by atoms with E-state index in [2.05, 4.69) is 15.2 Å². The molecule has 32 heavy (non-hydrogen) atoms. The van der Waals surface area contributed by atoms with E-state index in [9.17, 15) is 9.90 Å². The van der Waals surface area contributed by atoms with Crippen molar-refractivity contribution in [3.05, 3.63) is 70.3 Å². The molecule has 0 bridgehead atoms. The Labute approximate surface area is 197 Å². The minimum atomic E-state index is -0.645. The first-order valence-electron chi connectivity index (χ1n) is 10.6. The van der Waals surface area contributed by atoms with Crippen LogP contribution in [-0.2, 0) is 0 Å². The Morgan fingerprint density at radius 2 is 1.97 bits per heavy atom. The number of piperidine rings is 1. The van der Waals surface area contributed by atoms with Gasteiger partial charge in [-0.15, -0.1) is 0 Å². The average molecular weight is 474 g/mol. The van der Waals surface area contributed by atoms with E-state index < -0.39 is 6.10 Å². The molecule has 1 aliphatic heterocycles. The molecule has 168 valence electrons. The number of likely N-dealkylation sites (tertiary alicyclic amines) is 1. The van der Waals surface area contributed by atoms with E-state index in [0.29, 0.717) is 27.9 Å². The van der Waals surface area contributed by atoms with Crippen LogP contribution < -0.4 is 10.1 Å². The molecule has 2 N–H and O–H groups in total. The highest BCUT2D eigenvalue weighted by Crippen LogP contribution is 2.28. The average Bonchev–Trinajstić information content (AvgIpc) is 2.81. The predicted molar refractivity (Wildman–Crippen MR) is 127 cm³/mol. The topological polar surface area (TPSA) is 74.7 Å². The third-order valence-corrected chi connectivity index (χ3v) is 6.30. The van der Waals surface area contributed by atoms with Crippen LogP contribution >= 0.6 is 23.2 Å². The van der Waals surface area contributed by atoms with Crippen molar-refractivity contribution < 1.29 is 14.6 Å². The van der Waals surface area contributed by atoms with Gasteiger partial charge in [0.1, 0.15) is 11.9 Å². The van der Waals surface area contributed by atoms with Crippen molar-refractivity contribution in [2.75, 3.05) is 26.2 Å². The van der Waals surface area contributed by atoms with E-state index >= 15 is 0 Å². The fourth-order valence-corrected chi connectivity index (χ4v) is 4.13. The predicted octanol–water partition coefficient (Wildman–Crippen LogP) is 4.18. The molecule has 4 rings (SSSR count). The maximum Gasteiger partial charge on any atom is 0.251 e. The number of carbonyl (C=O) groups is 1. The molecule has 1 aromatic heterocycles. The largest absolute Gasteiger partial charge is 0.490 e. The molecule has 2 heterocycles. The maximum absolute atomic E-state index is 12.5. The Bertz CT molecular complexity index is 1090. The normalized spacial score (nSPS) is 16.1. The quantitative estimate of drug-likeness (QED) is 0.538. The summed E-state index contributed by atoms with van der Waals surface area (Å²) in [6.45, 7) is 2.33. The number of aromatic nitrogens is 1. The number of halogens is 2. The number of pyridine rings is 1. The summed E-state index contributed by atoms with van der Waals surface area (Å²) in [6, 6.07) is 14.4. The highest BCUT2D eigenvalue weighted by atomic mass is 35.5. The Hall–Kier alpha value is -2.38. The summed E-state index contributed by atoms with van der Waals surface area (Å²) in [5.41, 5.74) is 1.40. The van der Waals surface area contributed by atoms with Crippen LogP contribution in [0.25, 0.3) is 10.9 Å². The van der Waals surface area contributed by atoms with Crippen molar-refractivity contribution in [2.24, 2.45) is 0 Å². The van der Waals surface area contributed by atoms with Crippen LogP contribution in [-0.4, -0.2) is 59.3 Å². The Kier molecular flexibility index (Phi) is 7.48. The molecule has 1 fully saturated rings. The minimum absolute atomic E-state index is 0.0998. The van der Waals surface area contributed by atoms with Gasteiger partial charge in [0.15, 0.2) is 0 Å². The second kappa shape index (κ2) is 10.5. The number of hydrogen-bond donors (Lipinski definition) is 2. The van der Waals surface area contributed by atoms with E-state index in [1.165, 1.54) is 0 Å². The summed E-state index contributed by atoms with van der Waals surface area (Å²) < 4.78 is 6.01. The zero-order chi connectivity index (χ0) is 22.5. The van der Waals surface area contributed by atoms with Gasteiger partial charge in [0.2, 0.25) is 0 Å². The van der Waals surface area contributed by atoms with Crippen LogP contribution in [0.3, 0.4) is 0 Å². The third kappa shape index (κ3) is 5.90. The number of β-amino-alcohol motifs (C(OH)–C–C–N with tert-alkyl or cyclic N) is 1. The van der Waals surface area contributed by atoms with Gasteiger partial charge in [-0.25, -0.2) is 0 Å². The Morgan fingerprint density at radius 3 is 2.75 bits per heavy atom. The molecule has 0 unspecified atom stereocenters. The van der Waals surface area contributed by atoms with Gasteiger partial charge in [0.25, 0.3) is 5.91 Å². The van der Waals surface area contributed by atoms with E-state index in [1.807, 2.05) is 30.3 Å². The van der Waals surface area contributed by atoms with Crippen molar-refractivity contribution in [3.8, 4) is 5.75 Å². The number of carbonyl (C=O) groups excluding carboxylic acids is 1. The summed E-state index contributed by atoms with van der Waals surface area (Å²) >= 11 is 12.0. The number of rotatable bonds is 7. The SMILES string of the molecule is O=C(NC[C@@H](O)CN1CCC(Oc2ccc(Cl)c(Cl)c2)CC1)c1ccc2ncccc2c1. The lowest BCUT2D eigenvalue weighted by atomic mass is 10.1. The van der Waals surface area contributed by atoms with E-state index in [0.717, 1.165) is 36.8 Å². The number of nitrogens with zero attached hydrogens (tertiary/aromatic N) is 2. The Balaban J connectivity index is 1.20. The van der Waals surface area contributed by atoms with Crippen molar-refractivity contribution in [2.45, 2.75) is 25.0 Å². The summed E-state index contributed by atoms with van der Waals surface area (Å²) in [5, 5.41) is 15.1. The lowest BCUT2D eigenvalue weighted by Crippen LogP contribution is -2.45. The number of hydrogen-bond acceptors (Lipinski definition) is 5. The molecule has 8 heteroatoms. The summed E-state index contributed by atoms with van der Waals surface area (Å²) in [7, 11) is 0. The Morgan fingerprint density at radius 1 is 1.16 bits per heavy atom. The molecule has 3 aromatic rings. The smallest absolute Gasteiger partial charge is 0.251 e. The maximum atomic E-state index is 12.5. The molecule has 1 amide bonds. The monoisotopic (exact) mass is 473 g/mol. The molecule has 2 aromatic carbocycles. The zero-order valence-electron chi connectivity index (χ0n) is 17.5. The van der Waals surface area contributed by atoms with Crippen molar-refractivity contribution >= 4 is 40.0 Å². The lowest BCUT2D eigenvalue weighted by Gasteiger charge is -2.33. The second-order valence-corrected chi connectivity index (χ2v) is 8.78. The van der Waals surface area contributed by atoms with Gasteiger partial charge < -0.3 is 20.1 Å². The standard InChI is InChI=1S/C24H25Cl2N3O3/c25-21-5-4-20(13-22(21)26)32-19-7-10-29(11-8-19)15-18(30)14-28-24(31)17-3-6-23-16(12-17)2-1-9-27-23/h1-6,9,12-13,18-19,30H,7-8,10-11,14-15H2,(H,28,31)/t18-/m1/s1. The fourth-order valence-electron chi connectivity index (χ4n) is 3.84. The molecule has 0 saturated carbocycles. The highest BCUT2D eigenvalue weighted by Gasteiger charge is 2.22. The van der Waals surface area contributed by atoms with Gasteiger partial charge in [0, 0.05) is 49.4 Å². The molecular weight excluding hydrogens is 449 g/mol. The number of amides is 1. The number of aliphatic hydroxyl groups excluding tert-OH is 1.